The Balaban J connectivity index is 2.26. The van der Waals surface area contributed by atoms with Crippen molar-refractivity contribution in [3.63, 3.8) is 0 Å². The second-order valence-electron chi connectivity index (χ2n) is 3.99. The van der Waals surface area contributed by atoms with Crippen molar-refractivity contribution >= 4 is 10.0 Å². The maximum absolute atomic E-state index is 12.1. The molecule has 0 spiro atoms. The minimum Gasteiger partial charge on any atom is -0.493 e. The fourth-order valence-corrected chi connectivity index (χ4v) is 2.89. The summed E-state index contributed by atoms with van der Waals surface area (Å²) in [5.41, 5.74) is 0. The van der Waals surface area contributed by atoms with Gasteiger partial charge in [0, 0.05) is 25.2 Å². The van der Waals surface area contributed by atoms with Gasteiger partial charge in [-0.3, -0.25) is 0 Å². The van der Waals surface area contributed by atoms with Crippen LogP contribution in [0.3, 0.4) is 0 Å². The van der Waals surface area contributed by atoms with Crippen molar-refractivity contribution in [2.75, 3.05) is 27.3 Å². The zero-order chi connectivity index (χ0) is 13.2. The van der Waals surface area contributed by atoms with Crippen molar-refractivity contribution in [1.29, 1.82) is 0 Å². The third kappa shape index (κ3) is 2.58. The fourth-order valence-electron chi connectivity index (χ4n) is 1.64. The third-order valence-corrected chi connectivity index (χ3v) is 4.29. The van der Waals surface area contributed by atoms with Gasteiger partial charge in [-0.1, -0.05) is 0 Å². The van der Waals surface area contributed by atoms with Gasteiger partial charge in [0.05, 0.1) is 19.1 Å². The molecule has 0 saturated carbocycles. The van der Waals surface area contributed by atoms with Gasteiger partial charge in [-0.2, -0.15) is 0 Å². The number of hydrogen-bond donors (Lipinski definition) is 2. The van der Waals surface area contributed by atoms with E-state index in [0.29, 0.717) is 24.6 Å². The summed E-state index contributed by atoms with van der Waals surface area (Å²) in [6.45, 7) is 1.32. The average molecular weight is 272 g/mol. The first kappa shape index (κ1) is 13.1. The Morgan fingerprint density at radius 1 is 1.22 bits per heavy atom. The van der Waals surface area contributed by atoms with E-state index in [0.717, 1.165) is 0 Å². The largest absolute Gasteiger partial charge is 0.493 e. The number of benzene rings is 1. The van der Waals surface area contributed by atoms with Crippen molar-refractivity contribution in [2.24, 2.45) is 0 Å². The minimum absolute atomic E-state index is 0.0388. The first-order chi connectivity index (χ1) is 8.56. The molecule has 2 N–H and O–H groups in total. The van der Waals surface area contributed by atoms with E-state index in [-0.39, 0.29) is 10.9 Å². The third-order valence-electron chi connectivity index (χ3n) is 2.77. The lowest BCUT2D eigenvalue weighted by Gasteiger charge is -2.27. The van der Waals surface area contributed by atoms with Crippen molar-refractivity contribution in [3.05, 3.63) is 18.2 Å². The summed E-state index contributed by atoms with van der Waals surface area (Å²) < 4.78 is 36.9. The quantitative estimate of drug-likeness (QED) is 0.786. The predicted octanol–water partition coefficient (Wildman–Crippen LogP) is -0.0461. The molecule has 1 heterocycles. The van der Waals surface area contributed by atoms with Gasteiger partial charge in [-0.05, 0) is 12.1 Å². The normalized spacial score (nSPS) is 16.1. The summed E-state index contributed by atoms with van der Waals surface area (Å²) in [6.07, 6.45) is 0. The molecule has 1 aromatic rings. The minimum atomic E-state index is -3.50. The smallest absolute Gasteiger partial charge is 0.241 e. The van der Waals surface area contributed by atoms with Gasteiger partial charge in [0.25, 0.3) is 0 Å². The molecule has 0 radical (unpaired) electrons. The molecule has 0 amide bonds. The van der Waals surface area contributed by atoms with Crippen LogP contribution in [-0.2, 0) is 10.0 Å². The van der Waals surface area contributed by atoms with E-state index in [1.54, 1.807) is 6.07 Å². The Hall–Kier alpha value is -1.31. The van der Waals surface area contributed by atoms with Gasteiger partial charge in [-0.25, -0.2) is 13.1 Å². The zero-order valence-corrected chi connectivity index (χ0v) is 11.1. The van der Waals surface area contributed by atoms with Crippen LogP contribution in [0.25, 0.3) is 0 Å². The lowest BCUT2D eigenvalue weighted by molar-refractivity contribution is 0.353. The second kappa shape index (κ2) is 5.13. The van der Waals surface area contributed by atoms with Gasteiger partial charge in [-0.15, -0.1) is 0 Å². The van der Waals surface area contributed by atoms with Crippen LogP contribution in [0.5, 0.6) is 11.5 Å². The van der Waals surface area contributed by atoms with Crippen LogP contribution < -0.4 is 19.5 Å². The highest BCUT2D eigenvalue weighted by Crippen LogP contribution is 2.29. The molecule has 0 atom stereocenters. The van der Waals surface area contributed by atoms with Crippen LogP contribution in [-0.4, -0.2) is 41.8 Å². The molecule has 0 unspecified atom stereocenters. The molecule has 0 bridgehead atoms. The number of sulfonamides is 1. The van der Waals surface area contributed by atoms with E-state index >= 15 is 0 Å². The Morgan fingerprint density at radius 2 is 1.89 bits per heavy atom. The maximum Gasteiger partial charge on any atom is 0.241 e. The second-order valence-corrected chi connectivity index (χ2v) is 5.71. The lowest BCUT2D eigenvalue weighted by Crippen LogP contribution is -2.56. The molecule has 0 aliphatic carbocycles. The molecule has 1 aliphatic rings. The Kier molecular flexibility index (Phi) is 3.74. The van der Waals surface area contributed by atoms with E-state index in [1.165, 1.54) is 26.4 Å². The highest BCUT2D eigenvalue weighted by molar-refractivity contribution is 7.89. The zero-order valence-electron chi connectivity index (χ0n) is 10.3. The van der Waals surface area contributed by atoms with E-state index < -0.39 is 10.0 Å². The molecule has 0 aromatic heterocycles. The number of hydrogen-bond acceptors (Lipinski definition) is 5. The molecule has 6 nitrogen and oxygen atoms in total. The first-order valence-corrected chi connectivity index (χ1v) is 7.00. The summed E-state index contributed by atoms with van der Waals surface area (Å²) in [5.74, 6) is 0.897. The van der Waals surface area contributed by atoms with Crippen molar-refractivity contribution in [2.45, 2.75) is 10.9 Å². The van der Waals surface area contributed by atoms with Crippen molar-refractivity contribution in [1.82, 2.24) is 10.0 Å². The first-order valence-electron chi connectivity index (χ1n) is 5.52. The van der Waals surface area contributed by atoms with Gasteiger partial charge >= 0.3 is 0 Å². The van der Waals surface area contributed by atoms with Crippen LogP contribution in [0.1, 0.15) is 0 Å². The van der Waals surface area contributed by atoms with E-state index in [9.17, 15) is 8.42 Å². The molecule has 100 valence electrons. The summed E-state index contributed by atoms with van der Waals surface area (Å²) in [6, 6.07) is 4.48. The van der Waals surface area contributed by atoms with Crippen LogP contribution in [0.15, 0.2) is 23.1 Å². The van der Waals surface area contributed by atoms with Crippen LogP contribution in [0.2, 0.25) is 0 Å². The number of nitrogens with one attached hydrogen (secondary N) is 2. The van der Waals surface area contributed by atoms with Gasteiger partial charge in [0.2, 0.25) is 10.0 Å². The van der Waals surface area contributed by atoms with Crippen LogP contribution >= 0.6 is 0 Å². The number of methoxy groups -OCH3 is 2. The molecule has 18 heavy (non-hydrogen) atoms. The van der Waals surface area contributed by atoms with Crippen LogP contribution in [0.4, 0.5) is 0 Å². The van der Waals surface area contributed by atoms with Crippen molar-refractivity contribution in [3.8, 4) is 11.5 Å². The molecular weight excluding hydrogens is 256 g/mol. The molecule has 1 aliphatic heterocycles. The molecule has 2 rings (SSSR count). The standard InChI is InChI=1S/C11H16N2O4S/c1-16-10-4-3-9(5-11(10)17-2)18(14,15)13-8-6-12-7-8/h3-5,8,12-13H,6-7H2,1-2H3. The highest BCUT2D eigenvalue weighted by Gasteiger charge is 2.25. The fraction of sp³-hybridized carbons (Fsp3) is 0.455. The highest BCUT2D eigenvalue weighted by atomic mass is 32.2. The molecule has 1 aromatic carbocycles. The summed E-state index contributed by atoms with van der Waals surface area (Å²) in [5, 5.41) is 3.00. The van der Waals surface area contributed by atoms with Gasteiger partial charge in [0.15, 0.2) is 11.5 Å². The van der Waals surface area contributed by atoms with E-state index in [2.05, 4.69) is 10.0 Å². The Bertz CT molecular complexity index is 526. The number of rotatable bonds is 5. The molecule has 1 saturated heterocycles. The monoisotopic (exact) mass is 272 g/mol. The van der Waals surface area contributed by atoms with E-state index in [1.807, 2.05) is 0 Å². The Morgan fingerprint density at radius 3 is 2.39 bits per heavy atom. The maximum atomic E-state index is 12.1. The molecule has 1 fully saturated rings. The average Bonchev–Trinajstić information content (AvgIpc) is 2.33. The number of ether oxygens (including phenoxy) is 2. The van der Waals surface area contributed by atoms with Crippen molar-refractivity contribution < 1.29 is 17.9 Å². The topological polar surface area (TPSA) is 76.7 Å². The summed E-state index contributed by atoms with van der Waals surface area (Å²) >= 11 is 0. The SMILES string of the molecule is COc1ccc(S(=O)(=O)NC2CNC2)cc1OC. The summed E-state index contributed by atoms with van der Waals surface area (Å²) in [4.78, 5) is 0.173. The van der Waals surface area contributed by atoms with Gasteiger partial charge < -0.3 is 14.8 Å². The summed E-state index contributed by atoms with van der Waals surface area (Å²) in [7, 11) is -0.529. The predicted molar refractivity (Wildman–Crippen MR) is 66.5 cm³/mol. The Labute approximate surface area is 106 Å². The van der Waals surface area contributed by atoms with E-state index in [4.69, 9.17) is 9.47 Å². The lowest BCUT2D eigenvalue weighted by atomic mass is 10.2. The molecule has 7 heteroatoms. The van der Waals surface area contributed by atoms with Crippen LogP contribution in [0, 0.1) is 0 Å². The van der Waals surface area contributed by atoms with Gasteiger partial charge in [0.1, 0.15) is 0 Å². The molecular formula is C11H16N2O4S.